The van der Waals surface area contributed by atoms with Gasteiger partial charge in [0.1, 0.15) is 0 Å². The van der Waals surface area contributed by atoms with Crippen LogP contribution in [0.2, 0.25) is 0 Å². The molecule has 1 unspecified atom stereocenters. The van der Waals surface area contributed by atoms with Gasteiger partial charge in [0.2, 0.25) is 0 Å². The van der Waals surface area contributed by atoms with Crippen molar-refractivity contribution in [2.75, 3.05) is 6.54 Å². The molecule has 104 valence electrons. The summed E-state index contributed by atoms with van der Waals surface area (Å²) in [6, 6.07) is 2.96. The van der Waals surface area contributed by atoms with Gasteiger partial charge < -0.3 is 5.73 Å². The third kappa shape index (κ3) is 4.38. The summed E-state index contributed by atoms with van der Waals surface area (Å²) in [7, 11) is 0. The second-order valence-corrected chi connectivity index (χ2v) is 6.42. The second-order valence-electron chi connectivity index (χ2n) is 5.08. The number of hydrogen-bond acceptors (Lipinski definition) is 3. The molecule has 3 heteroatoms. The summed E-state index contributed by atoms with van der Waals surface area (Å²) in [5, 5.41) is 0. The van der Waals surface area contributed by atoms with Crippen molar-refractivity contribution in [2.45, 2.75) is 66.1 Å². The Kier molecular flexibility index (Phi) is 6.90. The lowest BCUT2D eigenvalue weighted by molar-refractivity contribution is 0.192. The molecule has 0 aliphatic rings. The topological polar surface area (TPSA) is 29.3 Å². The van der Waals surface area contributed by atoms with E-state index in [0.29, 0.717) is 12.6 Å². The van der Waals surface area contributed by atoms with Gasteiger partial charge >= 0.3 is 0 Å². The fourth-order valence-electron chi connectivity index (χ4n) is 2.14. The first kappa shape index (κ1) is 15.7. The van der Waals surface area contributed by atoms with Gasteiger partial charge in [0, 0.05) is 28.9 Å². The number of nitrogens with zero attached hydrogens (tertiary/aromatic N) is 1. The van der Waals surface area contributed by atoms with Gasteiger partial charge in [-0.05, 0) is 44.9 Å². The second kappa shape index (κ2) is 7.93. The van der Waals surface area contributed by atoms with Crippen molar-refractivity contribution in [2.24, 2.45) is 5.73 Å². The highest BCUT2D eigenvalue weighted by atomic mass is 32.1. The minimum Gasteiger partial charge on any atom is -0.326 e. The van der Waals surface area contributed by atoms with Crippen molar-refractivity contribution in [3.63, 3.8) is 0 Å². The summed E-state index contributed by atoms with van der Waals surface area (Å²) in [6.07, 6.45) is 3.78. The lowest BCUT2D eigenvalue weighted by Crippen LogP contribution is -2.33. The van der Waals surface area contributed by atoms with E-state index in [0.717, 1.165) is 6.54 Å². The number of aryl methyl sites for hydroxylation is 1. The molecule has 0 saturated carbocycles. The van der Waals surface area contributed by atoms with E-state index >= 15 is 0 Å². The minimum absolute atomic E-state index is 0.664. The zero-order valence-corrected chi connectivity index (χ0v) is 13.1. The van der Waals surface area contributed by atoms with Gasteiger partial charge in [0.15, 0.2) is 0 Å². The summed E-state index contributed by atoms with van der Waals surface area (Å²) < 4.78 is 0. The van der Waals surface area contributed by atoms with E-state index < -0.39 is 0 Å². The van der Waals surface area contributed by atoms with Crippen molar-refractivity contribution in [1.29, 1.82) is 0 Å². The van der Waals surface area contributed by atoms with Crippen LogP contribution in [-0.2, 0) is 13.1 Å². The summed E-state index contributed by atoms with van der Waals surface area (Å²) >= 11 is 1.85. The third-order valence-corrected chi connectivity index (χ3v) is 4.77. The zero-order chi connectivity index (χ0) is 13.5. The van der Waals surface area contributed by atoms with Crippen molar-refractivity contribution < 1.29 is 0 Å². The number of thiophene rings is 1. The van der Waals surface area contributed by atoms with Gasteiger partial charge in [-0.1, -0.05) is 20.3 Å². The summed E-state index contributed by atoms with van der Waals surface area (Å²) in [5.74, 6) is 0. The Balaban J connectivity index is 2.71. The Labute approximate surface area is 116 Å². The van der Waals surface area contributed by atoms with Crippen molar-refractivity contribution in [3.8, 4) is 0 Å². The molecule has 0 saturated heterocycles. The van der Waals surface area contributed by atoms with Crippen LogP contribution in [0.15, 0.2) is 6.07 Å². The molecule has 1 aromatic rings. The summed E-state index contributed by atoms with van der Waals surface area (Å²) in [5.41, 5.74) is 7.20. The van der Waals surface area contributed by atoms with E-state index in [1.54, 1.807) is 0 Å². The predicted octanol–water partition coefficient (Wildman–Crippen LogP) is 3.92. The average Bonchev–Trinajstić information content (AvgIpc) is 2.74. The van der Waals surface area contributed by atoms with Crippen LogP contribution in [0.25, 0.3) is 0 Å². The molecule has 1 heterocycles. The molecule has 0 radical (unpaired) electrons. The van der Waals surface area contributed by atoms with Crippen LogP contribution in [0.3, 0.4) is 0 Å². The Hall–Kier alpha value is -0.380. The summed E-state index contributed by atoms with van der Waals surface area (Å²) in [4.78, 5) is 5.35. The Morgan fingerprint density at radius 2 is 2.11 bits per heavy atom. The molecular weight excluding hydrogens is 240 g/mol. The molecule has 0 bridgehead atoms. The summed E-state index contributed by atoms with van der Waals surface area (Å²) in [6.45, 7) is 12.0. The molecule has 2 nitrogen and oxygen atoms in total. The monoisotopic (exact) mass is 268 g/mol. The van der Waals surface area contributed by atoms with Crippen LogP contribution in [0.4, 0.5) is 0 Å². The largest absolute Gasteiger partial charge is 0.326 e. The predicted molar refractivity (Wildman–Crippen MR) is 82.0 cm³/mol. The van der Waals surface area contributed by atoms with E-state index in [9.17, 15) is 0 Å². The highest BCUT2D eigenvalue weighted by molar-refractivity contribution is 7.12. The number of nitrogens with two attached hydrogens (primary N) is 1. The Bertz CT molecular complexity index is 346. The lowest BCUT2D eigenvalue weighted by Gasteiger charge is -2.28. The van der Waals surface area contributed by atoms with Gasteiger partial charge in [-0.2, -0.15) is 0 Å². The van der Waals surface area contributed by atoms with Gasteiger partial charge in [0.25, 0.3) is 0 Å². The molecule has 1 rings (SSSR count). The number of rotatable bonds is 8. The zero-order valence-electron chi connectivity index (χ0n) is 12.3. The third-order valence-electron chi connectivity index (χ3n) is 3.66. The van der Waals surface area contributed by atoms with Crippen molar-refractivity contribution in [3.05, 3.63) is 21.4 Å². The van der Waals surface area contributed by atoms with E-state index in [1.165, 1.54) is 41.1 Å². The molecule has 18 heavy (non-hydrogen) atoms. The van der Waals surface area contributed by atoms with E-state index in [2.05, 4.69) is 38.7 Å². The Morgan fingerprint density at radius 3 is 2.61 bits per heavy atom. The minimum atomic E-state index is 0.664. The molecule has 0 spiro atoms. The molecule has 0 amide bonds. The fourth-order valence-corrected chi connectivity index (χ4v) is 3.07. The van der Waals surface area contributed by atoms with Crippen LogP contribution in [0.1, 0.15) is 55.4 Å². The molecule has 0 aliphatic heterocycles. The van der Waals surface area contributed by atoms with E-state index in [1.807, 2.05) is 11.3 Å². The van der Waals surface area contributed by atoms with Gasteiger partial charge in [-0.3, -0.25) is 4.90 Å². The normalized spacial score (nSPS) is 13.2. The van der Waals surface area contributed by atoms with Crippen molar-refractivity contribution in [1.82, 2.24) is 4.90 Å². The van der Waals surface area contributed by atoms with Gasteiger partial charge in [-0.15, -0.1) is 11.3 Å². The van der Waals surface area contributed by atoms with E-state index in [-0.39, 0.29) is 0 Å². The molecule has 2 N–H and O–H groups in total. The Morgan fingerprint density at radius 1 is 1.39 bits per heavy atom. The molecule has 0 aromatic carbocycles. The lowest BCUT2D eigenvalue weighted by atomic mass is 10.1. The molecule has 0 aliphatic carbocycles. The number of hydrogen-bond donors (Lipinski definition) is 1. The maximum Gasteiger partial charge on any atom is 0.0274 e. The van der Waals surface area contributed by atoms with Crippen LogP contribution in [0, 0.1) is 6.92 Å². The first-order valence-corrected chi connectivity index (χ1v) is 7.96. The van der Waals surface area contributed by atoms with Crippen LogP contribution in [0.5, 0.6) is 0 Å². The van der Waals surface area contributed by atoms with Gasteiger partial charge in [0.05, 0.1) is 0 Å². The van der Waals surface area contributed by atoms with Crippen LogP contribution >= 0.6 is 11.3 Å². The van der Waals surface area contributed by atoms with Crippen LogP contribution in [-0.4, -0.2) is 17.5 Å². The maximum absolute atomic E-state index is 5.73. The van der Waals surface area contributed by atoms with Gasteiger partial charge in [-0.25, -0.2) is 0 Å². The highest BCUT2D eigenvalue weighted by Crippen LogP contribution is 2.23. The van der Waals surface area contributed by atoms with Crippen molar-refractivity contribution >= 4 is 11.3 Å². The number of unbranched alkanes of at least 4 members (excludes halogenated alkanes) is 1. The highest BCUT2D eigenvalue weighted by Gasteiger charge is 2.14. The average molecular weight is 268 g/mol. The SMILES string of the molecule is CCCCN(Cc1cc(CN)sc1C)C(C)CC. The molecular formula is C15H28N2S. The van der Waals surface area contributed by atoms with Crippen LogP contribution < -0.4 is 5.73 Å². The quantitative estimate of drug-likeness (QED) is 0.774. The first-order chi connectivity index (χ1) is 8.62. The smallest absolute Gasteiger partial charge is 0.0274 e. The standard InChI is InChI=1S/C15H28N2S/c1-5-7-8-17(12(3)6-2)11-14-9-15(10-16)18-13(14)4/h9,12H,5-8,10-11,16H2,1-4H3. The fraction of sp³-hybridized carbons (Fsp3) is 0.733. The molecule has 1 aromatic heterocycles. The van der Waals surface area contributed by atoms with E-state index in [4.69, 9.17) is 5.73 Å². The molecule has 1 atom stereocenters. The first-order valence-electron chi connectivity index (χ1n) is 7.14. The molecule has 0 fully saturated rings. The maximum atomic E-state index is 5.73.